The third kappa shape index (κ3) is 5.12. The van der Waals surface area contributed by atoms with Crippen molar-refractivity contribution in [1.82, 2.24) is 10.3 Å². The van der Waals surface area contributed by atoms with Gasteiger partial charge in [-0.2, -0.15) is 0 Å². The number of nitrogens with one attached hydrogen (secondary N) is 2. The zero-order valence-corrected chi connectivity index (χ0v) is 14.7. The zero-order chi connectivity index (χ0) is 18.2. The molecule has 0 radical (unpaired) electrons. The molecule has 1 aromatic heterocycles. The minimum Gasteiger partial charge on any atom is -0.383 e. The molecule has 0 saturated heterocycles. The molecule has 1 aromatic carbocycles. The lowest BCUT2D eigenvalue weighted by atomic mass is 10.0. The summed E-state index contributed by atoms with van der Waals surface area (Å²) in [6.45, 7) is 4.96. The highest BCUT2D eigenvalue weighted by atomic mass is 16.5. The topological polar surface area (TPSA) is 80.3 Å². The van der Waals surface area contributed by atoms with Gasteiger partial charge in [0.15, 0.2) is 0 Å². The Bertz CT molecular complexity index is 744. The molecule has 2 N–H and O–H groups in total. The Hall–Kier alpha value is -2.73. The molecule has 2 amide bonds. The number of para-hydroxylation sites is 1. The summed E-state index contributed by atoms with van der Waals surface area (Å²) in [6.07, 6.45) is 1.45. The van der Waals surface area contributed by atoms with Crippen molar-refractivity contribution in [3.63, 3.8) is 0 Å². The molecule has 2 aromatic rings. The average Bonchev–Trinajstić information content (AvgIpc) is 2.62. The summed E-state index contributed by atoms with van der Waals surface area (Å²) >= 11 is 0. The van der Waals surface area contributed by atoms with E-state index in [1.54, 1.807) is 13.2 Å². The zero-order valence-electron chi connectivity index (χ0n) is 14.7. The molecule has 2 rings (SSSR count). The third-order valence-corrected chi connectivity index (χ3v) is 3.68. The minimum absolute atomic E-state index is 0.193. The first kappa shape index (κ1) is 18.6. The molecule has 25 heavy (non-hydrogen) atoms. The summed E-state index contributed by atoms with van der Waals surface area (Å²) in [5, 5.41) is 5.59. The maximum Gasteiger partial charge on any atom is 0.274 e. The smallest absolute Gasteiger partial charge is 0.274 e. The van der Waals surface area contributed by atoms with Crippen LogP contribution in [0.3, 0.4) is 0 Å². The summed E-state index contributed by atoms with van der Waals surface area (Å²) in [5.41, 5.74) is 2.37. The highest BCUT2D eigenvalue weighted by molar-refractivity contribution is 6.05. The van der Waals surface area contributed by atoms with Crippen LogP contribution in [-0.2, 0) is 4.74 Å². The van der Waals surface area contributed by atoms with Crippen LogP contribution in [0.1, 0.15) is 46.2 Å². The number of methoxy groups -OCH3 is 1. The van der Waals surface area contributed by atoms with Crippen LogP contribution in [0, 0.1) is 0 Å². The monoisotopic (exact) mass is 341 g/mol. The Kier molecular flexibility index (Phi) is 6.65. The van der Waals surface area contributed by atoms with Crippen LogP contribution in [-0.4, -0.2) is 37.1 Å². The number of benzene rings is 1. The molecular weight excluding hydrogens is 318 g/mol. The number of rotatable bonds is 7. The predicted octanol–water partition coefficient (Wildman–Crippen LogP) is 2.83. The molecule has 0 saturated carbocycles. The Labute approximate surface area is 147 Å². The van der Waals surface area contributed by atoms with Gasteiger partial charge >= 0.3 is 0 Å². The Morgan fingerprint density at radius 3 is 2.64 bits per heavy atom. The van der Waals surface area contributed by atoms with Gasteiger partial charge in [0.2, 0.25) is 0 Å². The molecule has 0 fully saturated rings. The van der Waals surface area contributed by atoms with Gasteiger partial charge in [-0.3, -0.25) is 14.6 Å². The number of aromatic nitrogens is 1. The number of hydrogen-bond donors (Lipinski definition) is 2. The normalized spacial score (nSPS) is 10.6. The van der Waals surface area contributed by atoms with E-state index in [1.165, 1.54) is 12.3 Å². The second-order valence-electron chi connectivity index (χ2n) is 5.87. The van der Waals surface area contributed by atoms with Crippen LogP contribution in [0.4, 0.5) is 5.69 Å². The van der Waals surface area contributed by atoms with Gasteiger partial charge in [-0.05, 0) is 29.7 Å². The van der Waals surface area contributed by atoms with E-state index in [9.17, 15) is 9.59 Å². The molecule has 6 heteroatoms. The Morgan fingerprint density at radius 1 is 1.16 bits per heavy atom. The molecule has 0 unspecified atom stereocenters. The van der Waals surface area contributed by atoms with Crippen molar-refractivity contribution < 1.29 is 14.3 Å². The number of nitrogens with zero attached hydrogens (tertiary/aromatic N) is 1. The van der Waals surface area contributed by atoms with Gasteiger partial charge < -0.3 is 15.4 Å². The van der Waals surface area contributed by atoms with Crippen molar-refractivity contribution in [2.24, 2.45) is 0 Å². The van der Waals surface area contributed by atoms with Crippen LogP contribution in [0.5, 0.6) is 0 Å². The Morgan fingerprint density at radius 2 is 1.92 bits per heavy atom. The summed E-state index contributed by atoms with van der Waals surface area (Å²) in [4.78, 5) is 28.6. The first-order valence-corrected chi connectivity index (χ1v) is 8.16. The first-order valence-electron chi connectivity index (χ1n) is 8.16. The van der Waals surface area contributed by atoms with Crippen molar-refractivity contribution >= 4 is 17.5 Å². The highest BCUT2D eigenvalue weighted by Crippen LogP contribution is 2.24. The quantitative estimate of drug-likeness (QED) is 0.759. The Balaban J connectivity index is 2.13. The fourth-order valence-electron chi connectivity index (χ4n) is 2.37. The van der Waals surface area contributed by atoms with Crippen molar-refractivity contribution in [3.8, 4) is 0 Å². The molecule has 0 atom stereocenters. The second kappa shape index (κ2) is 8.94. The van der Waals surface area contributed by atoms with Gasteiger partial charge in [-0.25, -0.2) is 0 Å². The van der Waals surface area contributed by atoms with E-state index in [2.05, 4.69) is 29.5 Å². The van der Waals surface area contributed by atoms with Crippen LogP contribution >= 0.6 is 0 Å². The highest BCUT2D eigenvalue weighted by Gasteiger charge is 2.14. The largest absolute Gasteiger partial charge is 0.383 e. The molecule has 6 nitrogen and oxygen atoms in total. The maximum absolute atomic E-state index is 12.5. The molecule has 0 spiro atoms. The van der Waals surface area contributed by atoms with Crippen molar-refractivity contribution in [1.29, 1.82) is 0 Å². The molecular formula is C19H23N3O3. The van der Waals surface area contributed by atoms with Gasteiger partial charge in [-0.1, -0.05) is 32.0 Å². The van der Waals surface area contributed by atoms with Crippen molar-refractivity contribution in [3.05, 3.63) is 59.4 Å². The lowest BCUT2D eigenvalue weighted by molar-refractivity contribution is 0.0937. The number of carbonyl (C=O) groups excluding carboxylic acids is 2. The van der Waals surface area contributed by atoms with Crippen LogP contribution < -0.4 is 10.6 Å². The average molecular weight is 341 g/mol. The predicted molar refractivity (Wildman–Crippen MR) is 96.9 cm³/mol. The van der Waals surface area contributed by atoms with Crippen molar-refractivity contribution in [2.45, 2.75) is 19.8 Å². The molecule has 0 aliphatic heterocycles. The van der Waals surface area contributed by atoms with E-state index in [0.717, 1.165) is 11.3 Å². The van der Waals surface area contributed by atoms with Gasteiger partial charge in [0.25, 0.3) is 11.8 Å². The molecule has 0 aliphatic rings. The third-order valence-electron chi connectivity index (χ3n) is 3.68. The number of ether oxygens (including phenoxy) is 1. The molecule has 0 bridgehead atoms. The number of anilines is 1. The van der Waals surface area contributed by atoms with Gasteiger partial charge in [0.05, 0.1) is 6.61 Å². The van der Waals surface area contributed by atoms with Gasteiger partial charge in [0, 0.05) is 31.1 Å². The lowest BCUT2D eigenvalue weighted by Crippen LogP contribution is -2.27. The summed E-state index contributed by atoms with van der Waals surface area (Å²) < 4.78 is 4.90. The fraction of sp³-hybridized carbons (Fsp3) is 0.316. The molecule has 1 heterocycles. The van der Waals surface area contributed by atoms with Gasteiger partial charge in [0.1, 0.15) is 5.69 Å². The second-order valence-corrected chi connectivity index (χ2v) is 5.87. The van der Waals surface area contributed by atoms with E-state index in [0.29, 0.717) is 18.7 Å². The van der Waals surface area contributed by atoms with Crippen LogP contribution in [0.2, 0.25) is 0 Å². The SMILES string of the molecule is COCCNC(=O)c1ccnc(C(=O)Nc2ccccc2C(C)C)c1. The summed E-state index contributed by atoms with van der Waals surface area (Å²) in [5.74, 6) is -0.335. The number of amides is 2. The minimum atomic E-state index is -0.348. The van der Waals surface area contributed by atoms with Crippen LogP contribution in [0.15, 0.2) is 42.6 Å². The summed E-state index contributed by atoms with van der Waals surface area (Å²) in [6, 6.07) is 10.7. The molecule has 0 aliphatic carbocycles. The maximum atomic E-state index is 12.5. The van der Waals surface area contributed by atoms with Gasteiger partial charge in [-0.15, -0.1) is 0 Å². The van der Waals surface area contributed by atoms with Crippen LogP contribution in [0.25, 0.3) is 0 Å². The molecule has 132 valence electrons. The number of carbonyl (C=O) groups is 2. The van der Waals surface area contributed by atoms with E-state index >= 15 is 0 Å². The van der Waals surface area contributed by atoms with E-state index in [-0.39, 0.29) is 23.4 Å². The number of pyridine rings is 1. The van der Waals surface area contributed by atoms with E-state index in [1.807, 2.05) is 24.3 Å². The van der Waals surface area contributed by atoms with Crippen molar-refractivity contribution in [2.75, 3.05) is 25.6 Å². The summed E-state index contributed by atoms with van der Waals surface area (Å²) in [7, 11) is 1.57. The first-order chi connectivity index (χ1) is 12.0. The fourth-order valence-corrected chi connectivity index (χ4v) is 2.37. The lowest BCUT2D eigenvalue weighted by Gasteiger charge is -2.13. The van der Waals surface area contributed by atoms with E-state index in [4.69, 9.17) is 4.74 Å². The van der Waals surface area contributed by atoms with E-state index < -0.39 is 0 Å². The number of hydrogen-bond acceptors (Lipinski definition) is 4. The standard InChI is InChI=1S/C19H23N3O3/c1-13(2)15-6-4-5-7-16(15)22-19(24)17-12-14(8-9-20-17)18(23)21-10-11-25-3/h4-9,12-13H,10-11H2,1-3H3,(H,21,23)(H,22,24).